The van der Waals surface area contributed by atoms with Gasteiger partial charge < -0.3 is 0 Å². The Morgan fingerprint density at radius 1 is 1.10 bits per heavy atom. The molecule has 0 aliphatic heterocycles. The van der Waals surface area contributed by atoms with Crippen molar-refractivity contribution >= 4 is 40.4 Å². The van der Waals surface area contributed by atoms with E-state index in [1.807, 2.05) is 18.2 Å². The Kier molecular flexibility index (Phi) is 4.07. The van der Waals surface area contributed by atoms with E-state index in [0.717, 1.165) is 24.1 Å². The highest BCUT2D eigenvalue weighted by Gasteiger charge is 2.16. The molecular weight excluding hydrogens is 329 g/mol. The lowest BCUT2D eigenvalue weighted by atomic mass is 10.1. The van der Waals surface area contributed by atoms with E-state index in [1.165, 1.54) is 0 Å². The van der Waals surface area contributed by atoms with Gasteiger partial charge in [0.25, 0.3) is 0 Å². The summed E-state index contributed by atoms with van der Waals surface area (Å²) in [5, 5.41) is 5.95. The van der Waals surface area contributed by atoms with Gasteiger partial charge in [-0.3, -0.25) is 0 Å². The maximum absolute atomic E-state index is 6.48. The van der Waals surface area contributed by atoms with Crippen molar-refractivity contribution in [2.24, 2.45) is 0 Å². The fourth-order valence-corrected chi connectivity index (χ4v) is 3.01. The Bertz CT molecular complexity index is 794. The van der Waals surface area contributed by atoms with Crippen LogP contribution in [0.5, 0.6) is 0 Å². The molecule has 3 rings (SSSR count). The average Bonchev–Trinajstić information content (AvgIpc) is 2.84. The first-order chi connectivity index (χ1) is 10.1. The second kappa shape index (κ2) is 5.84. The summed E-state index contributed by atoms with van der Waals surface area (Å²) in [6.45, 7) is 2.10. The van der Waals surface area contributed by atoms with Crippen LogP contribution in [0.25, 0.3) is 16.8 Å². The predicted octanol–water partition coefficient (Wildman–Crippen LogP) is 5.31. The number of rotatable bonds is 3. The van der Waals surface area contributed by atoms with Crippen molar-refractivity contribution in [3.8, 4) is 11.1 Å². The Labute approximate surface area is 137 Å². The number of nitrogens with zero attached hydrogens (tertiary/aromatic N) is 3. The maximum Gasteiger partial charge on any atom is 0.158 e. The van der Waals surface area contributed by atoms with E-state index in [-0.39, 0.29) is 0 Å². The number of halogens is 3. The molecule has 0 spiro atoms. The highest BCUT2D eigenvalue weighted by atomic mass is 35.5. The normalized spacial score (nSPS) is 11.2. The van der Waals surface area contributed by atoms with Crippen LogP contribution in [0, 0.1) is 0 Å². The van der Waals surface area contributed by atoms with Gasteiger partial charge in [0, 0.05) is 11.1 Å². The fraction of sp³-hybridized carbons (Fsp3) is 0.200. The minimum absolute atomic E-state index is 0.359. The predicted molar refractivity (Wildman–Crippen MR) is 87.4 cm³/mol. The Hall–Kier alpha value is -1.29. The van der Waals surface area contributed by atoms with Crippen molar-refractivity contribution in [2.45, 2.75) is 19.8 Å². The molecule has 6 heteroatoms. The van der Waals surface area contributed by atoms with Gasteiger partial charge >= 0.3 is 0 Å². The minimum atomic E-state index is 0.359. The molecule has 3 nitrogen and oxygen atoms in total. The van der Waals surface area contributed by atoms with Gasteiger partial charge in [-0.1, -0.05) is 60.3 Å². The molecule has 0 aliphatic carbocycles. The van der Waals surface area contributed by atoms with Crippen LogP contribution in [0.1, 0.15) is 19.0 Å². The summed E-state index contributed by atoms with van der Waals surface area (Å²) in [4.78, 5) is 4.39. The van der Waals surface area contributed by atoms with Crippen molar-refractivity contribution in [3.05, 3.63) is 51.4 Å². The van der Waals surface area contributed by atoms with Gasteiger partial charge in [-0.25, -0.2) is 9.50 Å². The summed E-state index contributed by atoms with van der Waals surface area (Å²) < 4.78 is 1.63. The molecule has 0 atom stereocenters. The fourth-order valence-electron chi connectivity index (χ4n) is 2.22. The van der Waals surface area contributed by atoms with Gasteiger partial charge in [-0.15, -0.1) is 0 Å². The molecule has 0 unspecified atom stereocenters. The molecule has 3 aromatic rings. The number of hydrogen-bond donors (Lipinski definition) is 0. The summed E-state index contributed by atoms with van der Waals surface area (Å²) >= 11 is 18.7. The topological polar surface area (TPSA) is 30.2 Å². The smallest absolute Gasteiger partial charge is 0.158 e. The monoisotopic (exact) mass is 339 g/mol. The zero-order valence-electron chi connectivity index (χ0n) is 11.3. The van der Waals surface area contributed by atoms with Gasteiger partial charge in [-0.05, 0) is 24.1 Å². The first kappa shape index (κ1) is 14.6. The van der Waals surface area contributed by atoms with Gasteiger partial charge in [0.05, 0.1) is 11.3 Å². The van der Waals surface area contributed by atoms with E-state index >= 15 is 0 Å². The summed E-state index contributed by atoms with van der Waals surface area (Å²) in [6, 6.07) is 9.21. The van der Waals surface area contributed by atoms with Crippen LogP contribution >= 0.6 is 34.8 Å². The van der Waals surface area contributed by atoms with Crippen LogP contribution in [0.2, 0.25) is 15.3 Å². The quantitative estimate of drug-likeness (QED) is 0.605. The van der Waals surface area contributed by atoms with Crippen molar-refractivity contribution in [1.29, 1.82) is 0 Å². The van der Waals surface area contributed by atoms with E-state index in [9.17, 15) is 0 Å². The third-order valence-corrected chi connectivity index (χ3v) is 4.07. The molecule has 1 aromatic carbocycles. The summed E-state index contributed by atoms with van der Waals surface area (Å²) in [5.41, 5.74) is 3.13. The molecule has 0 saturated carbocycles. The molecule has 2 aromatic heterocycles. The zero-order chi connectivity index (χ0) is 15.0. The lowest BCUT2D eigenvalue weighted by Gasteiger charge is -2.08. The average molecular weight is 341 g/mol. The molecule has 0 saturated heterocycles. The highest BCUT2D eigenvalue weighted by Crippen LogP contribution is 2.34. The van der Waals surface area contributed by atoms with Crippen LogP contribution in [-0.4, -0.2) is 14.6 Å². The maximum atomic E-state index is 6.48. The number of hydrogen-bond acceptors (Lipinski definition) is 2. The summed E-state index contributed by atoms with van der Waals surface area (Å²) in [6.07, 6.45) is 1.90. The van der Waals surface area contributed by atoms with Crippen molar-refractivity contribution in [2.75, 3.05) is 0 Å². The molecule has 0 amide bonds. The molecular formula is C15H12Cl3N3. The van der Waals surface area contributed by atoms with Gasteiger partial charge in [-0.2, -0.15) is 5.10 Å². The number of aryl methyl sites for hydroxylation is 1. The van der Waals surface area contributed by atoms with Crippen molar-refractivity contribution in [3.63, 3.8) is 0 Å². The van der Waals surface area contributed by atoms with Crippen LogP contribution in [0.3, 0.4) is 0 Å². The molecule has 108 valence electrons. The number of benzene rings is 1. The van der Waals surface area contributed by atoms with E-state index < -0.39 is 0 Å². The highest BCUT2D eigenvalue weighted by molar-refractivity contribution is 6.38. The second-order valence-electron chi connectivity index (χ2n) is 4.73. The van der Waals surface area contributed by atoms with E-state index in [1.54, 1.807) is 16.6 Å². The zero-order valence-corrected chi connectivity index (χ0v) is 13.5. The summed E-state index contributed by atoms with van der Waals surface area (Å²) in [7, 11) is 0. The third-order valence-electron chi connectivity index (χ3n) is 3.19. The van der Waals surface area contributed by atoms with Crippen LogP contribution in [0.4, 0.5) is 0 Å². The van der Waals surface area contributed by atoms with Crippen LogP contribution < -0.4 is 0 Å². The standard InChI is InChI=1S/C15H12Cl3N3/c1-2-3-11-8-12-19-14(17)13(15(18)21(12)20-11)9-4-6-10(16)7-5-9/h4-8H,2-3H2,1H3. The lowest BCUT2D eigenvalue weighted by Crippen LogP contribution is -1.97. The number of fused-ring (bicyclic) bond motifs is 1. The molecule has 0 bridgehead atoms. The van der Waals surface area contributed by atoms with E-state index in [0.29, 0.717) is 26.5 Å². The second-order valence-corrected chi connectivity index (χ2v) is 5.88. The molecule has 0 fully saturated rings. The Balaban J connectivity index is 2.20. The Morgan fingerprint density at radius 2 is 1.81 bits per heavy atom. The van der Waals surface area contributed by atoms with Gasteiger partial charge in [0.2, 0.25) is 0 Å². The van der Waals surface area contributed by atoms with Crippen LogP contribution in [-0.2, 0) is 6.42 Å². The third kappa shape index (κ3) is 2.73. The first-order valence-corrected chi connectivity index (χ1v) is 7.73. The van der Waals surface area contributed by atoms with E-state index in [4.69, 9.17) is 34.8 Å². The summed E-state index contributed by atoms with van der Waals surface area (Å²) in [5.74, 6) is 0. The first-order valence-electron chi connectivity index (χ1n) is 6.59. The van der Waals surface area contributed by atoms with Gasteiger partial charge in [0.15, 0.2) is 5.65 Å². The lowest BCUT2D eigenvalue weighted by molar-refractivity contribution is 0.834. The molecule has 0 N–H and O–H groups in total. The van der Waals surface area contributed by atoms with Crippen molar-refractivity contribution < 1.29 is 0 Å². The van der Waals surface area contributed by atoms with Crippen molar-refractivity contribution in [1.82, 2.24) is 14.6 Å². The number of aromatic nitrogens is 3. The molecule has 2 heterocycles. The molecule has 0 aliphatic rings. The minimum Gasteiger partial charge on any atom is -0.216 e. The van der Waals surface area contributed by atoms with Crippen LogP contribution in [0.15, 0.2) is 30.3 Å². The molecule has 0 radical (unpaired) electrons. The largest absolute Gasteiger partial charge is 0.216 e. The molecule has 21 heavy (non-hydrogen) atoms. The van der Waals surface area contributed by atoms with E-state index in [2.05, 4.69) is 17.0 Å². The SMILES string of the molecule is CCCc1cc2nc(Cl)c(-c3ccc(Cl)cc3)c(Cl)n2n1. The Morgan fingerprint density at radius 3 is 2.48 bits per heavy atom. The van der Waals surface area contributed by atoms with Gasteiger partial charge in [0.1, 0.15) is 10.3 Å².